The zero-order chi connectivity index (χ0) is 21.8. The third-order valence-electron chi connectivity index (χ3n) is 6.23. The van der Waals surface area contributed by atoms with Crippen molar-refractivity contribution >= 4 is 29.3 Å². The molecule has 0 amide bonds. The summed E-state index contributed by atoms with van der Waals surface area (Å²) in [5, 5.41) is 18.7. The van der Waals surface area contributed by atoms with Crippen molar-refractivity contribution in [1.82, 2.24) is 24.8 Å². The van der Waals surface area contributed by atoms with Crippen molar-refractivity contribution in [3.8, 4) is 0 Å². The highest BCUT2D eigenvalue weighted by Gasteiger charge is 2.42. The molecule has 170 valence electrons. The van der Waals surface area contributed by atoms with Gasteiger partial charge in [-0.15, -0.1) is 17.5 Å². The Kier molecular flexibility index (Phi) is 7.60. The van der Waals surface area contributed by atoms with Gasteiger partial charge in [-0.05, 0) is 31.0 Å². The molecule has 4 rings (SSSR count). The smallest absolute Gasteiger partial charge is 0.328 e. The van der Waals surface area contributed by atoms with Gasteiger partial charge in [0, 0.05) is 39.3 Å². The average molecular weight is 458 g/mol. The average Bonchev–Trinajstić information content (AvgIpc) is 2.81. The first-order chi connectivity index (χ1) is 15.0. The van der Waals surface area contributed by atoms with E-state index in [2.05, 4.69) is 15.2 Å². The van der Waals surface area contributed by atoms with Crippen LogP contribution < -0.4 is 5.56 Å². The summed E-state index contributed by atoms with van der Waals surface area (Å²) in [6, 6.07) is 16.6. The third-order valence-corrected chi connectivity index (χ3v) is 6.23. The van der Waals surface area contributed by atoms with Crippen molar-refractivity contribution in [2.24, 2.45) is 0 Å². The number of carbonyl (C=O) groups is 1. The highest BCUT2D eigenvalue weighted by atomic mass is 35.5. The van der Waals surface area contributed by atoms with Gasteiger partial charge < -0.3 is 10.0 Å². The number of rotatable bonds is 7. The van der Waals surface area contributed by atoms with Crippen LogP contribution in [-0.2, 0) is 16.9 Å². The molecule has 0 spiro atoms. The quantitative estimate of drug-likeness (QED) is 0.581. The lowest BCUT2D eigenvalue weighted by Gasteiger charge is -2.43. The van der Waals surface area contributed by atoms with E-state index in [1.54, 1.807) is 19.1 Å². The lowest BCUT2D eigenvalue weighted by Crippen LogP contribution is -2.57. The van der Waals surface area contributed by atoms with Gasteiger partial charge in [-0.3, -0.25) is 9.69 Å². The molecular formula is C23H28ClN5O3. The highest BCUT2D eigenvalue weighted by Crippen LogP contribution is 2.29. The minimum atomic E-state index is -1.04. The standard InChI is InChI=1S/C23H27N5O3.ClH/c1-23(22(30)31,18-8-3-2-4-9-18)27-16-14-26(15-17-27)12-7-13-28-21(29)19-10-5-6-11-20(19)24-25-28;/h2-6,8-11H,7,12-17H2,1H3,(H,30,31);1H. The number of hydrogen-bond acceptors (Lipinski definition) is 6. The van der Waals surface area contributed by atoms with Gasteiger partial charge in [-0.1, -0.05) is 47.7 Å². The number of aliphatic carboxylic acids is 1. The number of aryl methyl sites for hydroxylation is 1. The number of aromatic nitrogens is 3. The highest BCUT2D eigenvalue weighted by molar-refractivity contribution is 5.85. The second kappa shape index (κ2) is 10.2. The fourth-order valence-electron chi connectivity index (χ4n) is 4.24. The molecule has 2 aromatic carbocycles. The Balaban J connectivity index is 0.00000289. The van der Waals surface area contributed by atoms with Crippen molar-refractivity contribution in [3.05, 3.63) is 70.5 Å². The van der Waals surface area contributed by atoms with Gasteiger partial charge in [0.05, 0.1) is 5.39 Å². The van der Waals surface area contributed by atoms with Gasteiger partial charge in [0.15, 0.2) is 0 Å². The van der Waals surface area contributed by atoms with Crippen LogP contribution in [0.25, 0.3) is 10.9 Å². The molecule has 1 N–H and O–H groups in total. The van der Waals surface area contributed by atoms with Gasteiger partial charge >= 0.3 is 5.97 Å². The Morgan fingerprint density at radius 1 is 1.00 bits per heavy atom. The number of fused-ring (bicyclic) bond motifs is 1. The minimum Gasteiger partial charge on any atom is -0.480 e. The second-order valence-electron chi connectivity index (χ2n) is 8.06. The van der Waals surface area contributed by atoms with Crippen LogP contribution in [0, 0.1) is 0 Å². The summed E-state index contributed by atoms with van der Waals surface area (Å²) in [5.74, 6) is -0.832. The number of carboxylic acids is 1. The minimum absolute atomic E-state index is 0. The van der Waals surface area contributed by atoms with E-state index in [-0.39, 0.29) is 18.0 Å². The number of halogens is 1. The van der Waals surface area contributed by atoms with Crippen LogP contribution in [0.4, 0.5) is 0 Å². The lowest BCUT2D eigenvalue weighted by atomic mass is 9.89. The summed E-state index contributed by atoms with van der Waals surface area (Å²) in [5.41, 5.74) is 0.252. The molecule has 32 heavy (non-hydrogen) atoms. The normalized spacial score (nSPS) is 16.9. The van der Waals surface area contributed by atoms with E-state index in [4.69, 9.17) is 0 Å². The maximum atomic E-state index is 12.5. The fourth-order valence-corrected chi connectivity index (χ4v) is 4.24. The van der Waals surface area contributed by atoms with Gasteiger partial charge in [0.1, 0.15) is 11.1 Å². The summed E-state index contributed by atoms with van der Waals surface area (Å²) >= 11 is 0. The molecule has 1 fully saturated rings. The molecular weight excluding hydrogens is 430 g/mol. The molecule has 9 heteroatoms. The van der Waals surface area contributed by atoms with E-state index < -0.39 is 11.5 Å². The van der Waals surface area contributed by atoms with Crippen LogP contribution in [0.2, 0.25) is 0 Å². The molecule has 8 nitrogen and oxygen atoms in total. The van der Waals surface area contributed by atoms with E-state index in [1.807, 2.05) is 47.4 Å². The van der Waals surface area contributed by atoms with Crippen molar-refractivity contribution in [2.45, 2.75) is 25.4 Å². The first-order valence-electron chi connectivity index (χ1n) is 10.6. The van der Waals surface area contributed by atoms with Crippen LogP contribution in [0.3, 0.4) is 0 Å². The molecule has 1 aliphatic rings. The Morgan fingerprint density at radius 3 is 2.34 bits per heavy atom. The Morgan fingerprint density at radius 2 is 1.66 bits per heavy atom. The number of benzene rings is 2. The Bertz CT molecular complexity index is 1120. The molecule has 1 aliphatic heterocycles. The van der Waals surface area contributed by atoms with Crippen LogP contribution in [0.5, 0.6) is 0 Å². The summed E-state index contributed by atoms with van der Waals surface area (Å²) in [6.45, 7) is 6.03. The predicted octanol–water partition coefficient (Wildman–Crippen LogP) is 2.22. The summed E-state index contributed by atoms with van der Waals surface area (Å²) < 4.78 is 1.43. The molecule has 3 aromatic rings. The summed E-state index contributed by atoms with van der Waals surface area (Å²) in [6.07, 6.45) is 0.780. The van der Waals surface area contributed by atoms with Crippen molar-refractivity contribution in [3.63, 3.8) is 0 Å². The molecule has 1 aromatic heterocycles. The zero-order valence-corrected chi connectivity index (χ0v) is 18.9. The Labute approximate surface area is 192 Å². The third kappa shape index (κ3) is 4.67. The summed E-state index contributed by atoms with van der Waals surface area (Å²) in [4.78, 5) is 29.1. The molecule has 0 radical (unpaired) electrons. The first kappa shape index (κ1) is 23.8. The van der Waals surface area contributed by atoms with Gasteiger partial charge in [0.2, 0.25) is 0 Å². The fraction of sp³-hybridized carbons (Fsp3) is 0.391. The van der Waals surface area contributed by atoms with E-state index in [1.165, 1.54) is 4.68 Å². The number of carboxylic acid groups (broad SMARTS) is 1. The van der Waals surface area contributed by atoms with Crippen molar-refractivity contribution < 1.29 is 9.90 Å². The molecule has 0 saturated carbocycles. The Hall–Kier alpha value is -2.81. The largest absolute Gasteiger partial charge is 0.480 e. The van der Waals surface area contributed by atoms with Gasteiger partial charge in [-0.25, -0.2) is 9.48 Å². The van der Waals surface area contributed by atoms with Crippen LogP contribution in [0.15, 0.2) is 59.4 Å². The lowest BCUT2D eigenvalue weighted by molar-refractivity contribution is -0.152. The molecule has 0 bridgehead atoms. The molecule has 1 atom stereocenters. The zero-order valence-electron chi connectivity index (χ0n) is 18.1. The maximum Gasteiger partial charge on any atom is 0.328 e. The van der Waals surface area contributed by atoms with Gasteiger partial charge in [-0.2, -0.15) is 0 Å². The van der Waals surface area contributed by atoms with Crippen LogP contribution in [0.1, 0.15) is 18.9 Å². The first-order valence-corrected chi connectivity index (χ1v) is 10.6. The van der Waals surface area contributed by atoms with E-state index in [0.717, 1.165) is 31.6 Å². The van der Waals surface area contributed by atoms with E-state index in [0.29, 0.717) is 30.5 Å². The molecule has 0 aliphatic carbocycles. The van der Waals surface area contributed by atoms with Crippen LogP contribution in [-0.4, -0.2) is 68.6 Å². The maximum absolute atomic E-state index is 12.5. The number of hydrogen-bond donors (Lipinski definition) is 1. The van der Waals surface area contributed by atoms with Crippen LogP contribution >= 0.6 is 12.4 Å². The van der Waals surface area contributed by atoms with Crippen molar-refractivity contribution in [2.75, 3.05) is 32.7 Å². The second-order valence-corrected chi connectivity index (χ2v) is 8.06. The van der Waals surface area contributed by atoms with Crippen molar-refractivity contribution in [1.29, 1.82) is 0 Å². The summed E-state index contributed by atoms with van der Waals surface area (Å²) in [7, 11) is 0. The molecule has 1 saturated heterocycles. The SMILES string of the molecule is CC(C(=O)O)(c1ccccc1)N1CCN(CCCn2nnc3ccccc3c2=O)CC1.Cl. The molecule has 1 unspecified atom stereocenters. The van der Waals surface area contributed by atoms with Gasteiger partial charge in [0.25, 0.3) is 5.56 Å². The van der Waals surface area contributed by atoms with E-state index >= 15 is 0 Å². The number of piperazine rings is 1. The topological polar surface area (TPSA) is 91.6 Å². The monoisotopic (exact) mass is 457 g/mol. The van der Waals surface area contributed by atoms with E-state index in [9.17, 15) is 14.7 Å². The predicted molar refractivity (Wildman–Crippen MR) is 125 cm³/mol. The molecule has 2 heterocycles. The number of nitrogens with zero attached hydrogens (tertiary/aromatic N) is 5.